The van der Waals surface area contributed by atoms with Crippen molar-refractivity contribution in [1.82, 2.24) is 9.80 Å². The van der Waals surface area contributed by atoms with E-state index in [0.29, 0.717) is 26.3 Å². The van der Waals surface area contributed by atoms with E-state index < -0.39 is 36.3 Å². The molecule has 0 saturated carbocycles. The van der Waals surface area contributed by atoms with Crippen molar-refractivity contribution in [1.29, 1.82) is 0 Å². The van der Waals surface area contributed by atoms with E-state index in [4.69, 9.17) is 14.2 Å². The van der Waals surface area contributed by atoms with Gasteiger partial charge in [-0.2, -0.15) is 0 Å². The van der Waals surface area contributed by atoms with Gasteiger partial charge in [0.05, 0.1) is 24.3 Å². The van der Waals surface area contributed by atoms with Gasteiger partial charge in [0.2, 0.25) is 0 Å². The standard InChI is InChI=1S/C19H24N2O7/c1-13(21-17(23)14-6-4-5-7-15(14)18(21)24)19(25)28-12-16(22)20(8-10-26-2)9-11-27-3/h4-7,13H,8-12H2,1-3H3/t13-/m1/s1. The molecule has 9 heteroatoms. The first-order valence-electron chi connectivity index (χ1n) is 8.81. The zero-order valence-corrected chi connectivity index (χ0v) is 16.2. The largest absolute Gasteiger partial charge is 0.454 e. The van der Waals surface area contributed by atoms with E-state index in [0.717, 1.165) is 4.90 Å². The summed E-state index contributed by atoms with van der Waals surface area (Å²) < 4.78 is 15.0. The maximum atomic E-state index is 12.4. The van der Waals surface area contributed by atoms with E-state index in [1.54, 1.807) is 12.1 Å². The van der Waals surface area contributed by atoms with Gasteiger partial charge >= 0.3 is 5.97 Å². The number of hydrogen-bond donors (Lipinski definition) is 0. The van der Waals surface area contributed by atoms with Crippen molar-refractivity contribution in [2.75, 3.05) is 47.1 Å². The molecule has 0 aromatic heterocycles. The number of fused-ring (bicyclic) bond motifs is 1. The van der Waals surface area contributed by atoms with Gasteiger partial charge in [0, 0.05) is 27.3 Å². The quantitative estimate of drug-likeness (QED) is 0.418. The van der Waals surface area contributed by atoms with E-state index in [1.165, 1.54) is 38.2 Å². The highest BCUT2D eigenvalue weighted by Gasteiger charge is 2.41. The summed E-state index contributed by atoms with van der Waals surface area (Å²) in [5.74, 6) is -2.37. The minimum atomic E-state index is -1.15. The van der Waals surface area contributed by atoms with Crippen molar-refractivity contribution in [3.63, 3.8) is 0 Å². The van der Waals surface area contributed by atoms with Crippen LogP contribution in [-0.2, 0) is 23.8 Å². The van der Waals surface area contributed by atoms with Crippen LogP contribution in [0.5, 0.6) is 0 Å². The molecule has 0 bridgehead atoms. The smallest absolute Gasteiger partial charge is 0.329 e. The molecule has 1 aliphatic heterocycles. The summed E-state index contributed by atoms with van der Waals surface area (Å²) in [6, 6.07) is 5.20. The fourth-order valence-electron chi connectivity index (χ4n) is 2.77. The number of imide groups is 1. The van der Waals surface area contributed by atoms with Crippen LogP contribution in [-0.4, -0.2) is 86.7 Å². The molecule has 1 aromatic rings. The van der Waals surface area contributed by atoms with Crippen molar-refractivity contribution >= 4 is 23.7 Å². The fourth-order valence-corrected chi connectivity index (χ4v) is 2.77. The summed E-state index contributed by atoms with van der Waals surface area (Å²) in [6.07, 6.45) is 0. The van der Waals surface area contributed by atoms with Crippen LogP contribution in [0.1, 0.15) is 27.6 Å². The van der Waals surface area contributed by atoms with Crippen LogP contribution in [0.3, 0.4) is 0 Å². The molecule has 0 saturated heterocycles. The lowest BCUT2D eigenvalue weighted by Crippen LogP contribution is -2.45. The van der Waals surface area contributed by atoms with Gasteiger partial charge in [0.1, 0.15) is 6.04 Å². The average molecular weight is 392 g/mol. The van der Waals surface area contributed by atoms with Gasteiger partial charge in [-0.3, -0.25) is 19.3 Å². The number of methoxy groups -OCH3 is 2. The number of ether oxygens (including phenoxy) is 3. The molecule has 3 amide bonds. The summed E-state index contributed by atoms with van der Waals surface area (Å²) in [4.78, 5) is 51.8. The Kier molecular flexibility index (Phi) is 7.65. The second-order valence-corrected chi connectivity index (χ2v) is 6.18. The first-order valence-corrected chi connectivity index (χ1v) is 8.81. The number of hydrogen-bond acceptors (Lipinski definition) is 7. The van der Waals surface area contributed by atoms with E-state index >= 15 is 0 Å². The molecule has 0 spiro atoms. The van der Waals surface area contributed by atoms with Crippen LogP contribution >= 0.6 is 0 Å². The first-order chi connectivity index (χ1) is 13.4. The summed E-state index contributed by atoms with van der Waals surface area (Å²) in [5, 5.41) is 0. The molecule has 0 unspecified atom stereocenters. The Morgan fingerprint density at radius 3 is 1.96 bits per heavy atom. The van der Waals surface area contributed by atoms with Gasteiger partial charge in [-0.1, -0.05) is 12.1 Å². The van der Waals surface area contributed by atoms with Crippen LogP contribution in [0, 0.1) is 0 Å². The summed E-state index contributed by atoms with van der Waals surface area (Å²) in [5.41, 5.74) is 0.488. The number of carbonyl (C=O) groups excluding carboxylic acids is 4. The Labute approximate surface area is 163 Å². The van der Waals surface area contributed by atoms with Crippen molar-refractivity contribution in [2.24, 2.45) is 0 Å². The molecule has 0 N–H and O–H groups in total. The predicted octanol–water partition coefficient (Wildman–Crippen LogP) is 0.336. The molecule has 1 atom stereocenters. The monoisotopic (exact) mass is 392 g/mol. The van der Waals surface area contributed by atoms with E-state index in [1.807, 2.05) is 0 Å². The second kappa shape index (κ2) is 9.95. The van der Waals surface area contributed by atoms with Crippen LogP contribution in [0.2, 0.25) is 0 Å². The van der Waals surface area contributed by atoms with Gasteiger partial charge in [-0.05, 0) is 19.1 Å². The van der Waals surface area contributed by atoms with Gasteiger partial charge < -0.3 is 19.1 Å². The Morgan fingerprint density at radius 2 is 1.50 bits per heavy atom. The number of nitrogens with zero attached hydrogens (tertiary/aromatic N) is 2. The van der Waals surface area contributed by atoms with Crippen molar-refractivity contribution in [2.45, 2.75) is 13.0 Å². The third kappa shape index (κ3) is 4.73. The predicted molar refractivity (Wildman–Crippen MR) is 97.7 cm³/mol. The Hall–Kier alpha value is -2.78. The number of carbonyl (C=O) groups is 4. The van der Waals surface area contributed by atoms with Crippen molar-refractivity contribution < 1.29 is 33.4 Å². The fraction of sp³-hybridized carbons (Fsp3) is 0.474. The lowest BCUT2D eigenvalue weighted by molar-refractivity contribution is -0.155. The highest BCUT2D eigenvalue weighted by atomic mass is 16.5. The van der Waals surface area contributed by atoms with Crippen LogP contribution < -0.4 is 0 Å². The van der Waals surface area contributed by atoms with E-state index in [9.17, 15) is 19.2 Å². The maximum Gasteiger partial charge on any atom is 0.329 e. The lowest BCUT2D eigenvalue weighted by atomic mass is 10.1. The van der Waals surface area contributed by atoms with E-state index in [-0.39, 0.29) is 11.1 Å². The van der Waals surface area contributed by atoms with Gasteiger partial charge in [-0.15, -0.1) is 0 Å². The highest BCUT2D eigenvalue weighted by Crippen LogP contribution is 2.24. The first kappa shape index (κ1) is 21.5. The molecule has 2 rings (SSSR count). The molecule has 9 nitrogen and oxygen atoms in total. The number of esters is 1. The van der Waals surface area contributed by atoms with Crippen molar-refractivity contribution in [3.05, 3.63) is 35.4 Å². The van der Waals surface area contributed by atoms with E-state index in [2.05, 4.69) is 0 Å². The summed E-state index contributed by atoms with van der Waals surface area (Å²) in [7, 11) is 3.03. The Balaban J connectivity index is 1.96. The maximum absolute atomic E-state index is 12.4. The number of rotatable bonds is 10. The summed E-state index contributed by atoms with van der Waals surface area (Å²) >= 11 is 0. The lowest BCUT2D eigenvalue weighted by Gasteiger charge is -2.23. The third-order valence-electron chi connectivity index (χ3n) is 4.38. The third-order valence-corrected chi connectivity index (χ3v) is 4.38. The van der Waals surface area contributed by atoms with Gasteiger partial charge in [-0.25, -0.2) is 4.79 Å². The van der Waals surface area contributed by atoms with Crippen LogP contribution in [0.15, 0.2) is 24.3 Å². The normalized spacial score (nSPS) is 14.0. The highest BCUT2D eigenvalue weighted by molar-refractivity contribution is 6.22. The van der Waals surface area contributed by atoms with Crippen molar-refractivity contribution in [3.8, 4) is 0 Å². The summed E-state index contributed by atoms with van der Waals surface area (Å²) in [6.45, 7) is 2.19. The minimum Gasteiger partial charge on any atom is -0.454 e. The average Bonchev–Trinajstić information content (AvgIpc) is 2.96. The molecule has 0 radical (unpaired) electrons. The number of amides is 3. The zero-order valence-electron chi connectivity index (χ0n) is 16.2. The molecule has 1 aliphatic rings. The zero-order chi connectivity index (χ0) is 20.7. The molecule has 0 aliphatic carbocycles. The Bertz CT molecular complexity index is 707. The topological polar surface area (TPSA) is 102 Å². The minimum absolute atomic E-state index is 0.244. The number of benzene rings is 1. The second-order valence-electron chi connectivity index (χ2n) is 6.18. The molecule has 152 valence electrons. The Morgan fingerprint density at radius 1 is 1.00 bits per heavy atom. The SMILES string of the molecule is COCCN(CCOC)C(=O)COC(=O)[C@@H](C)N1C(=O)c2ccccc2C1=O. The van der Waals surface area contributed by atoms with Crippen LogP contribution in [0.4, 0.5) is 0 Å². The molecule has 0 fully saturated rings. The molecule has 1 aromatic carbocycles. The molecular formula is C19H24N2O7. The van der Waals surface area contributed by atoms with Gasteiger partial charge in [0.25, 0.3) is 17.7 Å². The molecule has 1 heterocycles. The van der Waals surface area contributed by atoms with Gasteiger partial charge in [0.15, 0.2) is 6.61 Å². The molecular weight excluding hydrogens is 368 g/mol. The molecule has 28 heavy (non-hydrogen) atoms. The van der Waals surface area contributed by atoms with Crippen LogP contribution in [0.25, 0.3) is 0 Å².